The molecule has 0 saturated carbocycles. The van der Waals surface area contributed by atoms with Gasteiger partial charge in [-0.15, -0.1) is 0 Å². The Morgan fingerprint density at radius 1 is 1.40 bits per heavy atom. The van der Waals surface area contributed by atoms with Gasteiger partial charge < -0.3 is 10.6 Å². The van der Waals surface area contributed by atoms with Crippen LogP contribution in [-0.2, 0) is 10.0 Å². The fourth-order valence-electron chi connectivity index (χ4n) is 1.91. The lowest BCUT2D eigenvalue weighted by atomic mass is 10.1. The molecule has 0 heterocycles. The molecular formula is C13H20N4O2S. The number of sulfonamides is 1. The molecule has 6 nitrogen and oxygen atoms in total. The van der Waals surface area contributed by atoms with Crippen molar-refractivity contribution < 1.29 is 8.42 Å². The van der Waals surface area contributed by atoms with Gasteiger partial charge in [0.05, 0.1) is 28.8 Å². The van der Waals surface area contributed by atoms with Gasteiger partial charge in [-0.2, -0.15) is 5.26 Å². The molecule has 0 saturated heterocycles. The maximum atomic E-state index is 11.4. The van der Waals surface area contributed by atoms with E-state index in [1.165, 1.54) is 18.2 Å². The second-order valence-electron chi connectivity index (χ2n) is 5.01. The summed E-state index contributed by atoms with van der Waals surface area (Å²) < 4.78 is 22.8. The summed E-state index contributed by atoms with van der Waals surface area (Å²) in [6.07, 6.45) is 0.339. The highest BCUT2D eigenvalue weighted by atomic mass is 32.2. The first kappa shape index (κ1) is 16.3. The maximum absolute atomic E-state index is 11.4. The Labute approximate surface area is 120 Å². The van der Waals surface area contributed by atoms with Crippen molar-refractivity contribution in [2.45, 2.75) is 25.2 Å². The summed E-state index contributed by atoms with van der Waals surface area (Å²) >= 11 is 0. The Hall–Kier alpha value is -1.78. The normalized spacial score (nSPS) is 11.3. The number of rotatable bonds is 6. The highest BCUT2D eigenvalue weighted by Gasteiger charge is 2.15. The second kappa shape index (κ2) is 6.59. The number of hydrogen-bond donors (Lipinski definition) is 2. The maximum Gasteiger partial charge on any atom is 0.238 e. The number of nitrogens with two attached hydrogens (primary N) is 2. The third-order valence-corrected chi connectivity index (χ3v) is 3.66. The minimum absolute atomic E-state index is 0.0208. The molecule has 0 amide bonds. The predicted molar refractivity (Wildman–Crippen MR) is 79.5 cm³/mol. The van der Waals surface area contributed by atoms with Gasteiger partial charge in [0.15, 0.2) is 0 Å². The molecule has 0 bridgehead atoms. The van der Waals surface area contributed by atoms with Gasteiger partial charge in [0.1, 0.15) is 0 Å². The average Bonchev–Trinajstić information content (AvgIpc) is 2.33. The number of hydrogen-bond acceptors (Lipinski definition) is 5. The largest absolute Gasteiger partial charge is 0.397 e. The summed E-state index contributed by atoms with van der Waals surface area (Å²) in [4.78, 5) is 1.94. The van der Waals surface area contributed by atoms with Gasteiger partial charge in [0, 0.05) is 13.1 Å². The molecule has 0 aromatic heterocycles. The van der Waals surface area contributed by atoms with Crippen LogP contribution in [0.25, 0.3) is 0 Å². The van der Waals surface area contributed by atoms with E-state index in [4.69, 9.17) is 16.1 Å². The summed E-state index contributed by atoms with van der Waals surface area (Å²) in [5.41, 5.74) is 6.99. The topological polar surface area (TPSA) is 113 Å². The molecule has 0 fully saturated rings. The molecule has 0 radical (unpaired) electrons. The number of nitrogen functional groups attached to an aromatic ring is 1. The zero-order chi connectivity index (χ0) is 15.3. The molecule has 7 heteroatoms. The zero-order valence-electron chi connectivity index (χ0n) is 11.7. The Morgan fingerprint density at radius 2 is 2.05 bits per heavy atom. The molecule has 0 atom stereocenters. The predicted octanol–water partition coefficient (Wildman–Crippen LogP) is 1.29. The SMILES string of the molecule is CC(C)CN(CCC#N)c1cc(S(N)(=O)=O)ccc1N. The van der Waals surface area contributed by atoms with Crippen LogP contribution >= 0.6 is 0 Å². The Bertz CT molecular complexity index is 605. The first-order valence-corrected chi connectivity index (χ1v) is 7.84. The van der Waals surface area contributed by atoms with E-state index < -0.39 is 10.0 Å². The lowest BCUT2D eigenvalue weighted by Gasteiger charge is -2.27. The number of nitrogens with zero attached hydrogens (tertiary/aromatic N) is 2. The van der Waals surface area contributed by atoms with Gasteiger partial charge in [-0.05, 0) is 24.1 Å². The zero-order valence-corrected chi connectivity index (χ0v) is 12.5. The molecule has 1 aromatic carbocycles. The van der Waals surface area contributed by atoms with Gasteiger partial charge in [-0.3, -0.25) is 0 Å². The molecule has 20 heavy (non-hydrogen) atoms. The fraction of sp³-hybridized carbons (Fsp3) is 0.462. The van der Waals surface area contributed by atoms with Crippen molar-refractivity contribution in [3.8, 4) is 6.07 Å². The first-order valence-electron chi connectivity index (χ1n) is 6.30. The smallest absolute Gasteiger partial charge is 0.238 e. The summed E-state index contributed by atoms with van der Waals surface area (Å²) in [5.74, 6) is 0.353. The quantitative estimate of drug-likeness (QED) is 0.768. The lowest BCUT2D eigenvalue weighted by molar-refractivity contribution is 0.597. The van der Waals surface area contributed by atoms with Gasteiger partial charge in [0.25, 0.3) is 0 Å². The summed E-state index contributed by atoms with van der Waals surface area (Å²) in [6.45, 7) is 5.26. The van der Waals surface area contributed by atoms with E-state index in [1.807, 2.05) is 18.7 Å². The van der Waals surface area contributed by atoms with Gasteiger partial charge >= 0.3 is 0 Å². The van der Waals surface area contributed by atoms with Crippen LogP contribution in [0.1, 0.15) is 20.3 Å². The summed E-state index contributed by atoms with van der Waals surface area (Å²) in [6, 6.07) is 6.45. The summed E-state index contributed by atoms with van der Waals surface area (Å²) in [5, 5.41) is 13.9. The van der Waals surface area contributed by atoms with Gasteiger partial charge in [-0.25, -0.2) is 13.6 Å². The fourth-order valence-corrected chi connectivity index (χ4v) is 2.44. The Kier molecular flexibility index (Phi) is 5.36. The molecule has 110 valence electrons. The number of nitriles is 1. The van der Waals surface area contributed by atoms with Crippen molar-refractivity contribution in [2.24, 2.45) is 11.1 Å². The van der Waals surface area contributed by atoms with Crippen LogP contribution in [0.2, 0.25) is 0 Å². The molecule has 0 unspecified atom stereocenters. The van der Waals surface area contributed by atoms with Crippen LogP contribution in [0, 0.1) is 17.2 Å². The molecule has 0 aliphatic carbocycles. The Morgan fingerprint density at radius 3 is 2.55 bits per heavy atom. The van der Waals surface area contributed by atoms with E-state index in [9.17, 15) is 8.42 Å². The highest BCUT2D eigenvalue weighted by molar-refractivity contribution is 7.89. The lowest BCUT2D eigenvalue weighted by Crippen LogP contribution is -2.29. The van der Waals surface area contributed by atoms with Gasteiger partial charge in [0.2, 0.25) is 10.0 Å². The van der Waals surface area contributed by atoms with Crippen LogP contribution < -0.4 is 15.8 Å². The summed E-state index contributed by atoms with van der Waals surface area (Å²) in [7, 11) is -3.77. The third-order valence-electron chi connectivity index (χ3n) is 2.75. The van der Waals surface area contributed by atoms with E-state index >= 15 is 0 Å². The molecule has 1 aromatic rings. The van der Waals surface area contributed by atoms with E-state index in [0.717, 1.165) is 0 Å². The van der Waals surface area contributed by atoms with E-state index in [0.29, 0.717) is 36.8 Å². The molecule has 0 spiro atoms. The average molecular weight is 296 g/mol. The number of benzene rings is 1. The molecule has 4 N–H and O–H groups in total. The second-order valence-corrected chi connectivity index (χ2v) is 6.58. The van der Waals surface area contributed by atoms with Crippen LogP contribution in [0.3, 0.4) is 0 Å². The minimum Gasteiger partial charge on any atom is -0.397 e. The van der Waals surface area contributed by atoms with Crippen molar-refractivity contribution in [1.82, 2.24) is 0 Å². The van der Waals surface area contributed by atoms with Crippen molar-refractivity contribution in [1.29, 1.82) is 5.26 Å². The number of primary sulfonamides is 1. The standard InChI is InChI=1S/C13H20N4O2S/c1-10(2)9-17(7-3-6-14)13-8-11(20(16,18)19)4-5-12(13)15/h4-5,8,10H,3,7,9,15H2,1-2H3,(H2,16,18,19). The number of anilines is 2. The molecule has 0 aliphatic heterocycles. The van der Waals surface area contributed by atoms with Crippen molar-refractivity contribution in [3.05, 3.63) is 18.2 Å². The highest BCUT2D eigenvalue weighted by Crippen LogP contribution is 2.27. The van der Waals surface area contributed by atoms with Gasteiger partial charge in [-0.1, -0.05) is 13.8 Å². The van der Waals surface area contributed by atoms with Crippen LogP contribution in [-0.4, -0.2) is 21.5 Å². The monoisotopic (exact) mass is 296 g/mol. The van der Waals surface area contributed by atoms with Crippen molar-refractivity contribution in [2.75, 3.05) is 23.7 Å². The van der Waals surface area contributed by atoms with E-state index in [2.05, 4.69) is 6.07 Å². The molecular weight excluding hydrogens is 276 g/mol. The van der Waals surface area contributed by atoms with E-state index in [-0.39, 0.29) is 4.90 Å². The Balaban J connectivity index is 3.21. The first-order chi connectivity index (χ1) is 9.25. The van der Waals surface area contributed by atoms with Crippen LogP contribution in [0.5, 0.6) is 0 Å². The van der Waals surface area contributed by atoms with E-state index in [1.54, 1.807) is 0 Å². The molecule has 1 rings (SSSR count). The van der Waals surface area contributed by atoms with Crippen LogP contribution in [0.4, 0.5) is 11.4 Å². The van der Waals surface area contributed by atoms with Crippen molar-refractivity contribution in [3.63, 3.8) is 0 Å². The molecule has 0 aliphatic rings. The third kappa shape index (κ3) is 4.40. The van der Waals surface area contributed by atoms with Crippen LogP contribution in [0.15, 0.2) is 23.1 Å². The van der Waals surface area contributed by atoms with Crippen molar-refractivity contribution >= 4 is 21.4 Å². The minimum atomic E-state index is -3.77.